The number of anilines is 1. The minimum Gasteiger partial charge on any atom is -0.399 e. The predicted molar refractivity (Wildman–Crippen MR) is 71.3 cm³/mol. The van der Waals surface area contributed by atoms with Crippen molar-refractivity contribution in [3.8, 4) is 0 Å². The van der Waals surface area contributed by atoms with E-state index in [1.165, 1.54) is 0 Å². The number of aromatic amines is 1. The van der Waals surface area contributed by atoms with Crippen LogP contribution in [0.15, 0.2) is 24.4 Å². The fourth-order valence-corrected chi connectivity index (χ4v) is 1.87. The van der Waals surface area contributed by atoms with Gasteiger partial charge in [0.05, 0.1) is 18.2 Å². The van der Waals surface area contributed by atoms with Gasteiger partial charge in [-0.05, 0) is 24.6 Å². The van der Waals surface area contributed by atoms with Crippen LogP contribution in [0.25, 0.3) is 10.9 Å². The SMILES string of the molecule is CC[C@@H](CO)NC(=O)c1c[nH]c2ccc(N)cc12. The van der Waals surface area contributed by atoms with E-state index in [2.05, 4.69) is 10.3 Å². The van der Waals surface area contributed by atoms with E-state index in [0.717, 1.165) is 10.9 Å². The van der Waals surface area contributed by atoms with Crippen molar-refractivity contribution >= 4 is 22.5 Å². The molecule has 5 nitrogen and oxygen atoms in total. The zero-order chi connectivity index (χ0) is 13.1. The molecule has 96 valence electrons. The van der Waals surface area contributed by atoms with Gasteiger partial charge < -0.3 is 21.1 Å². The van der Waals surface area contributed by atoms with E-state index in [1.807, 2.05) is 13.0 Å². The fourth-order valence-electron chi connectivity index (χ4n) is 1.87. The lowest BCUT2D eigenvalue weighted by atomic mass is 10.1. The van der Waals surface area contributed by atoms with Crippen molar-refractivity contribution in [2.24, 2.45) is 0 Å². The molecule has 1 heterocycles. The van der Waals surface area contributed by atoms with Crippen molar-refractivity contribution in [1.82, 2.24) is 10.3 Å². The highest BCUT2D eigenvalue weighted by molar-refractivity contribution is 6.07. The van der Waals surface area contributed by atoms with Gasteiger partial charge in [0.15, 0.2) is 0 Å². The number of H-pyrrole nitrogens is 1. The van der Waals surface area contributed by atoms with Gasteiger partial charge in [0.25, 0.3) is 5.91 Å². The largest absolute Gasteiger partial charge is 0.399 e. The van der Waals surface area contributed by atoms with E-state index in [4.69, 9.17) is 10.8 Å². The molecule has 1 amide bonds. The molecule has 5 heteroatoms. The second-order valence-corrected chi connectivity index (χ2v) is 4.27. The summed E-state index contributed by atoms with van der Waals surface area (Å²) in [6, 6.07) is 5.16. The minimum absolute atomic E-state index is 0.0628. The number of hydrogen-bond acceptors (Lipinski definition) is 3. The number of benzene rings is 1. The molecule has 5 N–H and O–H groups in total. The molecule has 0 aliphatic heterocycles. The van der Waals surface area contributed by atoms with E-state index >= 15 is 0 Å². The van der Waals surface area contributed by atoms with Gasteiger partial charge in [-0.15, -0.1) is 0 Å². The van der Waals surface area contributed by atoms with Crippen LogP contribution in [0.4, 0.5) is 5.69 Å². The molecule has 0 spiro atoms. The Morgan fingerprint density at radius 3 is 3.00 bits per heavy atom. The third kappa shape index (κ3) is 2.31. The number of aliphatic hydroxyl groups is 1. The first-order valence-corrected chi connectivity index (χ1v) is 5.94. The molecule has 0 aliphatic carbocycles. The number of nitrogen functional groups attached to an aromatic ring is 1. The van der Waals surface area contributed by atoms with Crippen molar-refractivity contribution in [1.29, 1.82) is 0 Å². The summed E-state index contributed by atoms with van der Waals surface area (Å²) in [6.07, 6.45) is 2.34. The molecular formula is C13H17N3O2. The summed E-state index contributed by atoms with van der Waals surface area (Å²) >= 11 is 0. The summed E-state index contributed by atoms with van der Waals surface area (Å²) in [6.45, 7) is 1.85. The van der Waals surface area contributed by atoms with E-state index < -0.39 is 0 Å². The van der Waals surface area contributed by atoms with Gasteiger partial charge in [-0.25, -0.2) is 0 Å². The average molecular weight is 247 g/mol. The van der Waals surface area contributed by atoms with Crippen LogP contribution in [0.1, 0.15) is 23.7 Å². The predicted octanol–water partition coefficient (Wildman–Crippen LogP) is 1.25. The monoisotopic (exact) mass is 247 g/mol. The fraction of sp³-hybridized carbons (Fsp3) is 0.308. The molecule has 0 saturated carbocycles. The normalized spacial score (nSPS) is 12.6. The van der Waals surface area contributed by atoms with Gasteiger partial charge in [-0.3, -0.25) is 4.79 Å². The number of rotatable bonds is 4. The Bertz CT molecular complexity index is 558. The van der Waals surface area contributed by atoms with Crippen LogP contribution in [0.3, 0.4) is 0 Å². The zero-order valence-electron chi connectivity index (χ0n) is 10.2. The molecule has 2 rings (SSSR count). The third-order valence-corrected chi connectivity index (χ3v) is 3.00. The summed E-state index contributed by atoms with van der Waals surface area (Å²) in [5.41, 5.74) is 7.75. The first-order chi connectivity index (χ1) is 8.65. The Hall–Kier alpha value is -2.01. The quantitative estimate of drug-likeness (QED) is 0.613. The maximum atomic E-state index is 12.1. The molecule has 1 aromatic heterocycles. The van der Waals surface area contributed by atoms with Gasteiger partial charge >= 0.3 is 0 Å². The number of carbonyl (C=O) groups is 1. The van der Waals surface area contributed by atoms with Crippen molar-refractivity contribution < 1.29 is 9.90 Å². The van der Waals surface area contributed by atoms with Crippen molar-refractivity contribution in [2.75, 3.05) is 12.3 Å². The van der Waals surface area contributed by atoms with E-state index in [1.54, 1.807) is 18.3 Å². The number of fused-ring (bicyclic) bond motifs is 1. The summed E-state index contributed by atoms with van der Waals surface area (Å²) in [5.74, 6) is -0.201. The van der Waals surface area contributed by atoms with Gasteiger partial charge in [-0.2, -0.15) is 0 Å². The maximum Gasteiger partial charge on any atom is 0.253 e. The molecule has 18 heavy (non-hydrogen) atoms. The Morgan fingerprint density at radius 2 is 2.33 bits per heavy atom. The van der Waals surface area contributed by atoms with Crippen LogP contribution in [-0.4, -0.2) is 28.6 Å². The Labute approximate surface area is 105 Å². The Kier molecular flexibility index (Phi) is 3.53. The lowest BCUT2D eigenvalue weighted by Gasteiger charge is -2.13. The van der Waals surface area contributed by atoms with Gasteiger partial charge in [0.2, 0.25) is 0 Å². The van der Waals surface area contributed by atoms with E-state index in [9.17, 15) is 4.79 Å². The molecule has 1 aromatic carbocycles. The molecular weight excluding hydrogens is 230 g/mol. The molecule has 0 radical (unpaired) electrons. The third-order valence-electron chi connectivity index (χ3n) is 3.00. The molecule has 0 fully saturated rings. The van der Waals surface area contributed by atoms with E-state index in [0.29, 0.717) is 17.7 Å². The van der Waals surface area contributed by atoms with Crippen LogP contribution in [0.5, 0.6) is 0 Å². The van der Waals surface area contributed by atoms with Gasteiger partial charge in [0, 0.05) is 22.8 Å². The first-order valence-electron chi connectivity index (χ1n) is 5.94. The van der Waals surface area contributed by atoms with Crippen LogP contribution < -0.4 is 11.1 Å². The molecule has 0 unspecified atom stereocenters. The number of hydrogen-bond donors (Lipinski definition) is 4. The summed E-state index contributed by atoms with van der Waals surface area (Å²) in [5, 5.41) is 12.7. The second-order valence-electron chi connectivity index (χ2n) is 4.27. The Morgan fingerprint density at radius 1 is 1.56 bits per heavy atom. The maximum absolute atomic E-state index is 12.1. The van der Waals surface area contributed by atoms with Crippen LogP contribution in [0, 0.1) is 0 Å². The van der Waals surface area contributed by atoms with Crippen molar-refractivity contribution in [3.05, 3.63) is 30.0 Å². The summed E-state index contributed by atoms with van der Waals surface area (Å²) in [7, 11) is 0. The minimum atomic E-state index is -0.219. The Balaban J connectivity index is 2.30. The number of nitrogens with one attached hydrogen (secondary N) is 2. The number of carbonyl (C=O) groups excluding carboxylic acids is 1. The number of amides is 1. The summed E-state index contributed by atoms with van der Waals surface area (Å²) < 4.78 is 0. The van der Waals surface area contributed by atoms with Crippen LogP contribution in [-0.2, 0) is 0 Å². The van der Waals surface area contributed by atoms with Crippen molar-refractivity contribution in [2.45, 2.75) is 19.4 Å². The molecule has 0 bridgehead atoms. The molecule has 0 saturated heterocycles. The lowest BCUT2D eigenvalue weighted by molar-refractivity contribution is 0.0916. The topological polar surface area (TPSA) is 91.1 Å². The summed E-state index contributed by atoms with van der Waals surface area (Å²) in [4.78, 5) is 15.1. The molecule has 2 aromatic rings. The number of nitrogens with two attached hydrogens (primary N) is 1. The number of aromatic nitrogens is 1. The van der Waals surface area contributed by atoms with Gasteiger partial charge in [0.1, 0.15) is 0 Å². The lowest BCUT2D eigenvalue weighted by Crippen LogP contribution is -2.36. The molecule has 0 aliphatic rings. The van der Waals surface area contributed by atoms with E-state index in [-0.39, 0.29) is 18.6 Å². The highest BCUT2D eigenvalue weighted by Gasteiger charge is 2.15. The first kappa shape index (κ1) is 12.4. The number of aliphatic hydroxyl groups excluding tert-OH is 1. The smallest absolute Gasteiger partial charge is 0.253 e. The standard InChI is InChI=1S/C13H17N3O2/c1-2-9(7-17)16-13(18)11-6-15-12-4-3-8(14)5-10(11)12/h3-6,9,15,17H,2,7,14H2,1H3,(H,16,18)/t9-/m0/s1. The van der Waals surface area contributed by atoms with Gasteiger partial charge in [-0.1, -0.05) is 6.92 Å². The molecule has 1 atom stereocenters. The van der Waals surface area contributed by atoms with Crippen molar-refractivity contribution in [3.63, 3.8) is 0 Å². The highest BCUT2D eigenvalue weighted by Crippen LogP contribution is 2.20. The van der Waals surface area contributed by atoms with Crippen LogP contribution in [0.2, 0.25) is 0 Å². The average Bonchev–Trinajstić information content (AvgIpc) is 2.78. The zero-order valence-corrected chi connectivity index (χ0v) is 10.2. The highest BCUT2D eigenvalue weighted by atomic mass is 16.3. The second kappa shape index (κ2) is 5.10. The van der Waals surface area contributed by atoms with Crippen LogP contribution >= 0.6 is 0 Å².